The number of pyridine rings is 1. The van der Waals surface area contributed by atoms with Crippen LogP contribution in [-0.4, -0.2) is 52.9 Å². The van der Waals surface area contributed by atoms with Crippen molar-refractivity contribution in [3.63, 3.8) is 0 Å². The van der Waals surface area contributed by atoms with Crippen LogP contribution in [0.2, 0.25) is 0 Å². The number of rotatable bonds is 3. The summed E-state index contributed by atoms with van der Waals surface area (Å²) >= 11 is 0. The average Bonchev–Trinajstić information content (AvgIpc) is 2.76. The van der Waals surface area contributed by atoms with Gasteiger partial charge in [-0.1, -0.05) is 0 Å². The maximum atomic E-state index is 12.4. The van der Waals surface area contributed by atoms with Gasteiger partial charge in [0.05, 0.1) is 11.3 Å². The lowest BCUT2D eigenvalue weighted by Crippen LogP contribution is -2.36. The SMILES string of the molecule is CC1CCC(C)N1CCC1Cc2ncccc2C(=O)N(C)C1. The van der Waals surface area contributed by atoms with Gasteiger partial charge in [0.15, 0.2) is 0 Å². The number of fused-ring (bicyclic) bond motifs is 1. The molecule has 22 heavy (non-hydrogen) atoms. The zero-order chi connectivity index (χ0) is 15.7. The number of carbonyl (C=O) groups is 1. The van der Waals surface area contributed by atoms with Gasteiger partial charge in [0.25, 0.3) is 5.91 Å². The Morgan fingerprint density at radius 1 is 1.27 bits per heavy atom. The van der Waals surface area contributed by atoms with Crippen LogP contribution in [0, 0.1) is 5.92 Å². The van der Waals surface area contributed by atoms with E-state index in [2.05, 4.69) is 23.7 Å². The molecule has 0 bridgehead atoms. The number of hydrogen-bond donors (Lipinski definition) is 0. The summed E-state index contributed by atoms with van der Waals surface area (Å²) in [4.78, 5) is 21.4. The largest absolute Gasteiger partial charge is 0.341 e. The third kappa shape index (κ3) is 3.02. The molecule has 3 unspecified atom stereocenters. The van der Waals surface area contributed by atoms with Gasteiger partial charge in [0, 0.05) is 31.9 Å². The zero-order valence-corrected chi connectivity index (χ0v) is 14.0. The molecular weight excluding hydrogens is 274 g/mol. The predicted octanol–water partition coefficient (Wildman–Crippen LogP) is 2.59. The first kappa shape index (κ1) is 15.5. The minimum Gasteiger partial charge on any atom is -0.341 e. The van der Waals surface area contributed by atoms with Crippen LogP contribution in [0.4, 0.5) is 0 Å². The number of carbonyl (C=O) groups excluding carboxylic acids is 1. The molecule has 1 saturated heterocycles. The van der Waals surface area contributed by atoms with Crippen LogP contribution in [0.1, 0.15) is 49.2 Å². The highest BCUT2D eigenvalue weighted by Gasteiger charge is 2.30. The van der Waals surface area contributed by atoms with Crippen LogP contribution in [-0.2, 0) is 6.42 Å². The first-order valence-corrected chi connectivity index (χ1v) is 8.51. The van der Waals surface area contributed by atoms with E-state index in [4.69, 9.17) is 0 Å². The fourth-order valence-electron chi connectivity index (χ4n) is 4.02. The molecule has 120 valence electrons. The number of amides is 1. The molecular formula is C18H27N3O. The summed E-state index contributed by atoms with van der Waals surface area (Å²) < 4.78 is 0. The number of aromatic nitrogens is 1. The van der Waals surface area contributed by atoms with E-state index < -0.39 is 0 Å². The normalized spacial score (nSPS) is 29.5. The molecule has 4 nitrogen and oxygen atoms in total. The van der Waals surface area contributed by atoms with Crippen LogP contribution in [0.25, 0.3) is 0 Å². The molecule has 0 aliphatic carbocycles. The molecule has 1 aromatic heterocycles. The summed E-state index contributed by atoms with van der Waals surface area (Å²) in [5, 5.41) is 0. The van der Waals surface area contributed by atoms with Crippen molar-refractivity contribution < 1.29 is 4.79 Å². The lowest BCUT2D eigenvalue weighted by atomic mass is 9.97. The molecule has 0 aromatic carbocycles. The van der Waals surface area contributed by atoms with Crippen molar-refractivity contribution >= 4 is 5.91 Å². The van der Waals surface area contributed by atoms with Gasteiger partial charge >= 0.3 is 0 Å². The van der Waals surface area contributed by atoms with Crippen LogP contribution >= 0.6 is 0 Å². The summed E-state index contributed by atoms with van der Waals surface area (Å²) in [6, 6.07) is 5.17. The third-order valence-corrected chi connectivity index (χ3v) is 5.41. The smallest absolute Gasteiger partial charge is 0.255 e. The number of hydrogen-bond acceptors (Lipinski definition) is 3. The molecule has 1 aromatic rings. The van der Waals surface area contributed by atoms with Crippen molar-refractivity contribution in [3.05, 3.63) is 29.6 Å². The molecule has 2 aliphatic rings. The molecule has 2 aliphatic heterocycles. The Labute approximate surface area is 133 Å². The van der Waals surface area contributed by atoms with Gasteiger partial charge in [-0.05, 0) is 64.1 Å². The summed E-state index contributed by atoms with van der Waals surface area (Å²) in [7, 11) is 1.92. The maximum absolute atomic E-state index is 12.4. The van der Waals surface area contributed by atoms with E-state index in [0.29, 0.717) is 18.0 Å². The molecule has 0 radical (unpaired) electrons. The van der Waals surface area contributed by atoms with E-state index in [-0.39, 0.29) is 5.91 Å². The van der Waals surface area contributed by atoms with Gasteiger partial charge in [0.1, 0.15) is 0 Å². The van der Waals surface area contributed by atoms with E-state index in [1.54, 1.807) is 6.20 Å². The summed E-state index contributed by atoms with van der Waals surface area (Å²) in [6.45, 7) is 6.65. The fraction of sp³-hybridized carbons (Fsp3) is 0.667. The van der Waals surface area contributed by atoms with E-state index in [0.717, 1.165) is 37.2 Å². The second-order valence-electron chi connectivity index (χ2n) is 7.06. The van der Waals surface area contributed by atoms with Crippen LogP contribution in [0.3, 0.4) is 0 Å². The first-order chi connectivity index (χ1) is 10.6. The quantitative estimate of drug-likeness (QED) is 0.861. The molecule has 0 N–H and O–H groups in total. The van der Waals surface area contributed by atoms with Crippen LogP contribution in [0.5, 0.6) is 0 Å². The van der Waals surface area contributed by atoms with Gasteiger partial charge in [0.2, 0.25) is 0 Å². The number of nitrogens with zero attached hydrogens (tertiary/aromatic N) is 3. The van der Waals surface area contributed by atoms with Crippen LogP contribution < -0.4 is 0 Å². The van der Waals surface area contributed by atoms with Gasteiger partial charge in [-0.15, -0.1) is 0 Å². The molecule has 0 saturated carbocycles. The van der Waals surface area contributed by atoms with Crippen molar-refractivity contribution in [1.82, 2.24) is 14.8 Å². The summed E-state index contributed by atoms with van der Waals surface area (Å²) in [5.41, 5.74) is 1.76. The Bertz CT molecular complexity index is 535. The predicted molar refractivity (Wildman–Crippen MR) is 87.9 cm³/mol. The van der Waals surface area contributed by atoms with Crippen molar-refractivity contribution in [2.75, 3.05) is 20.1 Å². The van der Waals surface area contributed by atoms with Gasteiger partial charge < -0.3 is 4.90 Å². The highest BCUT2D eigenvalue weighted by Crippen LogP contribution is 2.26. The van der Waals surface area contributed by atoms with Gasteiger partial charge in [-0.25, -0.2) is 0 Å². The van der Waals surface area contributed by atoms with Crippen molar-refractivity contribution in [1.29, 1.82) is 0 Å². The standard InChI is InChI=1S/C18H27N3O/c1-13-6-7-14(2)21(13)10-8-15-11-17-16(5-4-9-19-17)18(22)20(3)12-15/h4-5,9,13-15H,6-8,10-12H2,1-3H3. The second kappa shape index (κ2) is 6.37. The highest BCUT2D eigenvalue weighted by molar-refractivity contribution is 5.95. The van der Waals surface area contributed by atoms with E-state index in [1.165, 1.54) is 12.8 Å². The maximum Gasteiger partial charge on any atom is 0.255 e. The molecule has 3 rings (SSSR count). The number of likely N-dealkylation sites (tertiary alicyclic amines) is 1. The van der Waals surface area contributed by atoms with Gasteiger partial charge in [-0.3, -0.25) is 14.7 Å². The molecule has 0 spiro atoms. The molecule has 1 fully saturated rings. The van der Waals surface area contributed by atoms with E-state index in [9.17, 15) is 4.79 Å². The Balaban J connectivity index is 1.69. The minimum atomic E-state index is 0.119. The molecule has 4 heteroatoms. The summed E-state index contributed by atoms with van der Waals surface area (Å²) in [5.74, 6) is 0.624. The Hall–Kier alpha value is -1.42. The highest BCUT2D eigenvalue weighted by atomic mass is 16.2. The average molecular weight is 301 g/mol. The van der Waals surface area contributed by atoms with Gasteiger partial charge in [-0.2, -0.15) is 0 Å². The van der Waals surface area contributed by atoms with Crippen molar-refractivity contribution in [3.8, 4) is 0 Å². The monoisotopic (exact) mass is 301 g/mol. The Morgan fingerprint density at radius 2 is 2.00 bits per heavy atom. The third-order valence-electron chi connectivity index (χ3n) is 5.41. The van der Waals surface area contributed by atoms with Crippen molar-refractivity contribution in [2.24, 2.45) is 5.92 Å². The zero-order valence-electron chi connectivity index (χ0n) is 14.0. The summed E-state index contributed by atoms with van der Waals surface area (Å²) in [6.07, 6.45) is 6.49. The molecule has 1 amide bonds. The molecule has 3 atom stereocenters. The Kier molecular flexibility index (Phi) is 4.48. The van der Waals surface area contributed by atoms with E-state index >= 15 is 0 Å². The van der Waals surface area contributed by atoms with Crippen molar-refractivity contribution in [2.45, 2.75) is 51.6 Å². The first-order valence-electron chi connectivity index (χ1n) is 8.51. The minimum absolute atomic E-state index is 0.119. The topological polar surface area (TPSA) is 36.4 Å². The molecule has 3 heterocycles. The van der Waals surface area contributed by atoms with E-state index in [1.807, 2.05) is 24.1 Å². The van der Waals surface area contributed by atoms with Crippen LogP contribution in [0.15, 0.2) is 18.3 Å². The fourth-order valence-corrected chi connectivity index (χ4v) is 4.02. The second-order valence-corrected chi connectivity index (χ2v) is 7.06. The lowest BCUT2D eigenvalue weighted by molar-refractivity contribution is 0.0775. The lowest BCUT2D eigenvalue weighted by Gasteiger charge is -2.28. The Morgan fingerprint density at radius 3 is 2.73 bits per heavy atom.